The predicted molar refractivity (Wildman–Crippen MR) is 88.1 cm³/mol. The van der Waals surface area contributed by atoms with E-state index in [0.29, 0.717) is 0 Å². The van der Waals surface area contributed by atoms with E-state index in [4.69, 9.17) is 0 Å². The minimum atomic E-state index is -0.384. The summed E-state index contributed by atoms with van der Waals surface area (Å²) in [5.41, 5.74) is 6.72. The van der Waals surface area contributed by atoms with Crippen LogP contribution in [0, 0.1) is 10.1 Å². The smallest absolute Gasteiger partial charge is 0.269 e. The molecule has 3 aromatic rings. The van der Waals surface area contributed by atoms with Crippen LogP contribution in [0.15, 0.2) is 48.5 Å². The zero-order valence-electron chi connectivity index (χ0n) is 12.5. The molecule has 0 fully saturated rings. The largest absolute Gasteiger partial charge is 0.277 e. The van der Waals surface area contributed by atoms with Gasteiger partial charge < -0.3 is 0 Å². The summed E-state index contributed by atoms with van der Waals surface area (Å²) in [6.07, 6.45) is 3.08. The van der Waals surface area contributed by atoms with Gasteiger partial charge >= 0.3 is 0 Å². The molecule has 0 radical (unpaired) electrons. The monoisotopic (exact) mass is 305 g/mol. The number of fused-ring (bicyclic) bond motifs is 3. The van der Waals surface area contributed by atoms with Gasteiger partial charge in [-0.3, -0.25) is 15.2 Å². The quantitative estimate of drug-likeness (QED) is 0.571. The van der Waals surface area contributed by atoms with E-state index < -0.39 is 0 Å². The van der Waals surface area contributed by atoms with E-state index in [-0.39, 0.29) is 10.6 Å². The van der Waals surface area contributed by atoms with Gasteiger partial charge in [0.15, 0.2) is 0 Å². The lowest BCUT2D eigenvalue weighted by Gasteiger charge is -2.04. The normalized spacial score (nSPS) is 13.0. The molecular formula is C18H15N3O2. The van der Waals surface area contributed by atoms with Crippen molar-refractivity contribution in [2.24, 2.45) is 0 Å². The molecule has 0 spiro atoms. The standard InChI is InChI=1S/C18H15N3O2/c22-21(23)14-10-8-13(9-11-14)17-16-7-3-5-12-4-1-2-6-15(12)18(16)20-19-17/h1-2,4,6,8-11H,3,5,7H2,(H,19,20). The van der Waals surface area contributed by atoms with Crippen LogP contribution in [0.4, 0.5) is 5.69 Å². The van der Waals surface area contributed by atoms with Crippen molar-refractivity contribution in [1.29, 1.82) is 0 Å². The third-order valence-corrected chi connectivity index (χ3v) is 4.38. The summed E-state index contributed by atoms with van der Waals surface area (Å²) < 4.78 is 0. The number of rotatable bonds is 2. The SMILES string of the molecule is O=[N+]([O-])c1ccc(-c2n[nH]c3c2CCCc2ccccc2-3)cc1. The van der Waals surface area contributed by atoms with Crippen LogP contribution in [0.5, 0.6) is 0 Å². The van der Waals surface area contributed by atoms with Crippen molar-refractivity contribution in [3.63, 3.8) is 0 Å². The molecule has 1 aromatic heterocycles. The molecule has 0 aliphatic heterocycles. The number of nitrogens with one attached hydrogen (secondary N) is 1. The number of benzene rings is 2. The second-order valence-corrected chi connectivity index (χ2v) is 5.74. The first kappa shape index (κ1) is 13.7. The predicted octanol–water partition coefficient (Wildman–Crippen LogP) is 4.14. The Morgan fingerprint density at radius 3 is 2.61 bits per heavy atom. The Kier molecular flexibility index (Phi) is 3.19. The van der Waals surface area contributed by atoms with Crippen LogP contribution in [-0.4, -0.2) is 15.1 Å². The molecule has 1 aliphatic rings. The lowest BCUT2D eigenvalue weighted by atomic mass is 10.00. The Balaban J connectivity index is 1.82. The average Bonchev–Trinajstić information content (AvgIpc) is 2.90. The number of hydrogen-bond donors (Lipinski definition) is 1. The van der Waals surface area contributed by atoms with Crippen LogP contribution in [0.1, 0.15) is 17.5 Å². The molecular weight excluding hydrogens is 290 g/mol. The molecule has 23 heavy (non-hydrogen) atoms. The number of non-ortho nitro benzene ring substituents is 1. The fraction of sp³-hybridized carbons (Fsp3) is 0.167. The number of aromatic amines is 1. The molecule has 0 atom stereocenters. The zero-order chi connectivity index (χ0) is 15.8. The minimum Gasteiger partial charge on any atom is -0.277 e. The second kappa shape index (κ2) is 5.35. The van der Waals surface area contributed by atoms with Gasteiger partial charge in [-0.25, -0.2) is 0 Å². The number of aryl methyl sites for hydroxylation is 1. The molecule has 0 saturated heterocycles. The number of nitro groups is 1. The summed E-state index contributed by atoms with van der Waals surface area (Å²) in [4.78, 5) is 10.4. The highest BCUT2D eigenvalue weighted by atomic mass is 16.6. The van der Waals surface area contributed by atoms with Crippen LogP contribution < -0.4 is 0 Å². The molecule has 114 valence electrons. The molecule has 0 bridgehead atoms. The summed E-state index contributed by atoms with van der Waals surface area (Å²) in [5.74, 6) is 0. The van der Waals surface area contributed by atoms with E-state index in [0.717, 1.165) is 36.2 Å². The minimum absolute atomic E-state index is 0.0979. The molecule has 1 aliphatic carbocycles. The van der Waals surface area contributed by atoms with E-state index in [1.165, 1.54) is 28.8 Å². The number of nitro benzene ring substituents is 1. The molecule has 2 aromatic carbocycles. The van der Waals surface area contributed by atoms with Crippen molar-refractivity contribution >= 4 is 5.69 Å². The molecule has 1 N–H and O–H groups in total. The van der Waals surface area contributed by atoms with E-state index in [1.807, 2.05) is 6.07 Å². The molecule has 0 amide bonds. The van der Waals surface area contributed by atoms with Gasteiger partial charge in [0.1, 0.15) is 0 Å². The Hall–Kier alpha value is -2.95. The third kappa shape index (κ3) is 2.30. The van der Waals surface area contributed by atoms with Crippen molar-refractivity contribution < 1.29 is 4.92 Å². The van der Waals surface area contributed by atoms with Crippen LogP contribution >= 0.6 is 0 Å². The van der Waals surface area contributed by atoms with Crippen molar-refractivity contribution in [2.75, 3.05) is 0 Å². The summed E-state index contributed by atoms with van der Waals surface area (Å²) in [5, 5.41) is 18.5. The summed E-state index contributed by atoms with van der Waals surface area (Å²) in [7, 11) is 0. The van der Waals surface area contributed by atoms with E-state index in [1.54, 1.807) is 12.1 Å². The Morgan fingerprint density at radius 1 is 1.04 bits per heavy atom. The molecule has 1 heterocycles. The van der Waals surface area contributed by atoms with Gasteiger partial charge in [-0.15, -0.1) is 0 Å². The van der Waals surface area contributed by atoms with Gasteiger partial charge in [0.25, 0.3) is 5.69 Å². The second-order valence-electron chi connectivity index (χ2n) is 5.74. The summed E-state index contributed by atoms with van der Waals surface area (Å²) in [6.45, 7) is 0. The highest BCUT2D eigenvalue weighted by Gasteiger charge is 2.21. The molecule has 4 rings (SSSR count). The fourth-order valence-electron chi connectivity index (χ4n) is 3.25. The van der Waals surface area contributed by atoms with Gasteiger partial charge in [0, 0.05) is 28.8 Å². The van der Waals surface area contributed by atoms with Gasteiger partial charge in [0.05, 0.1) is 16.3 Å². The van der Waals surface area contributed by atoms with Crippen LogP contribution in [0.2, 0.25) is 0 Å². The van der Waals surface area contributed by atoms with Gasteiger partial charge in [-0.2, -0.15) is 5.10 Å². The van der Waals surface area contributed by atoms with Crippen molar-refractivity contribution in [3.8, 4) is 22.5 Å². The Labute approximate surface area is 133 Å². The summed E-state index contributed by atoms with van der Waals surface area (Å²) >= 11 is 0. The van der Waals surface area contributed by atoms with Crippen LogP contribution in [-0.2, 0) is 12.8 Å². The number of aromatic nitrogens is 2. The Morgan fingerprint density at radius 2 is 1.83 bits per heavy atom. The van der Waals surface area contributed by atoms with Crippen molar-refractivity contribution in [3.05, 3.63) is 69.8 Å². The first-order valence-electron chi connectivity index (χ1n) is 7.64. The van der Waals surface area contributed by atoms with Gasteiger partial charge in [-0.05, 0) is 37.0 Å². The fourth-order valence-corrected chi connectivity index (χ4v) is 3.25. The van der Waals surface area contributed by atoms with E-state index in [9.17, 15) is 10.1 Å². The number of hydrogen-bond acceptors (Lipinski definition) is 3. The first-order chi connectivity index (χ1) is 11.2. The van der Waals surface area contributed by atoms with Crippen LogP contribution in [0.3, 0.4) is 0 Å². The molecule has 5 nitrogen and oxygen atoms in total. The third-order valence-electron chi connectivity index (χ3n) is 4.38. The lowest BCUT2D eigenvalue weighted by Crippen LogP contribution is -1.90. The van der Waals surface area contributed by atoms with E-state index in [2.05, 4.69) is 28.4 Å². The molecule has 0 unspecified atom stereocenters. The number of nitrogens with zero attached hydrogens (tertiary/aromatic N) is 2. The van der Waals surface area contributed by atoms with Gasteiger partial charge in [-0.1, -0.05) is 24.3 Å². The van der Waals surface area contributed by atoms with Crippen LogP contribution in [0.25, 0.3) is 22.5 Å². The maximum atomic E-state index is 10.8. The van der Waals surface area contributed by atoms with E-state index >= 15 is 0 Å². The van der Waals surface area contributed by atoms with Crippen molar-refractivity contribution in [2.45, 2.75) is 19.3 Å². The summed E-state index contributed by atoms with van der Waals surface area (Å²) in [6, 6.07) is 15.0. The first-order valence-corrected chi connectivity index (χ1v) is 7.64. The van der Waals surface area contributed by atoms with Gasteiger partial charge in [0.2, 0.25) is 0 Å². The number of H-pyrrole nitrogens is 1. The maximum Gasteiger partial charge on any atom is 0.269 e. The topological polar surface area (TPSA) is 71.8 Å². The molecule has 0 saturated carbocycles. The maximum absolute atomic E-state index is 10.8. The molecule has 5 heteroatoms. The highest BCUT2D eigenvalue weighted by molar-refractivity contribution is 5.76. The average molecular weight is 305 g/mol. The zero-order valence-corrected chi connectivity index (χ0v) is 12.5. The highest BCUT2D eigenvalue weighted by Crippen LogP contribution is 2.36. The lowest BCUT2D eigenvalue weighted by molar-refractivity contribution is -0.384. The Bertz CT molecular complexity index is 882. The van der Waals surface area contributed by atoms with Crippen molar-refractivity contribution in [1.82, 2.24) is 10.2 Å².